The summed E-state index contributed by atoms with van der Waals surface area (Å²) in [5, 5.41) is 4.95. The number of furan rings is 1. The minimum atomic E-state index is -3.86. The molecule has 0 radical (unpaired) electrons. The first-order valence-electron chi connectivity index (χ1n) is 7.95. The van der Waals surface area contributed by atoms with E-state index in [0.29, 0.717) is 5.69 Å². The summed E-state index contributed by atoms with van der Waals surface area (Å²) in [4.78, 5) is 31.2. The van der Waals surface area contributed by atoms with Gasteiger partial charge in [0.2, 0.25) is 11.9 Å². The smallest absolute Gasteiger partial charge is 0.287 e. The van der Waals surface area contributed by atoms with E-state index in [9.17, 15) is 18.0 Å². The largest absolute Gasteiger partial charge is 0.459 e. The Balaban J connectivity index is 1.56. The molecule has 0 saturated carbocycles. The highest BCUT2D eigenvalue weighted by Gasteiger charge is 2.16. The van der Waals surface area contributed by atoms with Gasteiger partial charge in [-0.1, -0.05) is 0 Å². The lowest BCUT2D eigenvalue weighted by Crippen LogP contribution is -2.32. The van der Waals surface area contributed by atoms with Gasteiger partial charge in [-0.25, -0.2) is 23.1 Å². The molecule has 0 fully saturated rings. The average Bonchev–Trinajstić information content (AvgIpc) is 3.22. The Morgan fingerprint density at radius 3 is 2.36 bits per heavy atom. The maximum Gasteiger partial charge on any atom is 0.287 e. The van der Waals surface area contributed by atoms with Gasteiger partial charge in [0.05, 0.1) is 17.7 Å². The topological polar surface area (TPSA) is 143 Å². The molecule has 28 heavy (non-hydrogen) atoms. The maximum atomic E-state index is 12.3. The highest BCUT2D eigenvalue weighted by Crippen LogP contribution is 2.16. The third kappa shape index (κ3) is 4.92. The molecule has 0 bridgehead atoms. The minimum Gasteiger partial charge on any atom is -0.459 e. The zero-order valence-corrected chi connectivity index (χ0v) is 15.1. The highest BCUT2D eigenvalue weighted by atomic mass is 32.2. The van der Waals surface area contributed by atoms with Crippen LogP contribution in [0.1, 0.15) is 10.6 Å². The quantitative estimate of drug-likeness (QED) is 0.540. The molecule has 1 aromatic carbocycles. The van der Waals surface area contributed by atoms with Crippen LogP contribution in [0.2, 0.25) is 0 Å². The molecule has 10 nitrogen and oxygen atoms in total. The SMILES string of the molecule is O=C(CNC(=O)c1ccco1)Nc1ccc(S(=O)(=O)Nc2ncccn2)cc1. The fraction of sp³-hybridized carbons (Fsp3) is 0.0588. The number of nitrogens with one attached hydrogen (secondary N) is 3. The van der Waals surface area contributed by atoms with Crippen molar-refractivity contribution in [1.29, 1.82) is 0 Å². The molecule has 2 heterocycles. The van der Waals surface area contributed by atoms with Gasteiger partial charge < -0.3 is 15.1 Å². The Hall–Kier alpha value is -3.73. The standard InChI is InChI=1S/C17H15N5O5S/c23-15(11-20-16(24)14-3-1-10-27-14)21-12-4-6-13(7-5-12)28(25,26)22-17-18-8-2-9-19-17/h1-10H,11H2,(H,20,24)(H,21,23)(H,18,19,22). The van der Waals surface area contributed by atoms with Crippen molar-refractivity contribution in [2.45, 2.75) is 4.90 Å². The van der Waals surface area contributed by atoms with E-state index in [-0.39, 0.29) is 23.1 Å². The molecule has 0 unspecified atom stereocenters. The lowest BCUT2D eigenvalue weighted by Gasteiger charge is -2.09. The third-order valence-electron chi connectivity index (χ3n) is 3.39. The molecule has 3 rings (SSSR count). The van der Waals surface area contributed by atoms with E-state index in [4.69, 9.17) is 4.42 Å². The van der Waals surface area contributed by atoms with Gasteiger partial charge in [0, 0.05) is 18.1 Å². The minimum absolute atomic E-state index is 0.0240. The number of rotatable bonds is 7. The van der Waals surface area contributed by atoms with Gasteiger partial charge in [-0.05, 0) is 42.5 Å². The number of aromatic nitrogens is 2. The summed E-state index contributed by atoms with van der Waals surface area (Å²) in [5.74, 6) is -0.952. The van der Waals surface area contributed by atoms with Gasteiger partial charge in [-0.2, -0.15) is 0 Å². The van der Waals surface area contributed by atoms with Gasteiger partial charge in [-0.3, -0.25) is 9.59 Å². The van der Waals surface area contributed by atoms with Crippen molar-refractivity contribution in [3.63, 3.8) is 0 Å². The number of amides is 2. The first-order valence-corrected chi connectivity index (χ1v) is 9.44. The summed E-state index contributed by atoms with van der Waals surface area (Å²) in [6.07, 6.45) is 4.17. The number of sulfonamides is 1. The number of hydrogen-bond donors (Lipinski definition) is 3. The second-order valence-electron chi connectivity index (χ2n) is 5.41. The molecule has 2 aromatic heterocycles. The van der Waals surface area contributed by atoms with Crippen LogP contribution in [0.5, 0.6) is 0 Å². The molecule has 3 N–H and O–H groups in total. The molecular formula is C17H15N5O5S. The molecule has 2 amide bonds. The lowest BCUT2D eigenvalue weighted by molar-refractivity contribution is -0.115. The molecule has 144 valence electrons. The van der Waals surface area contributed by atoms with Crippen molar-refractivity contribution in [2.75, 3.05) is 16.6 Å². The summed E-state index contributed by atoms with van der Waals surface area (Å²) in [6, 6.07) is 10.1. The van der Waals surface area contributed by atoms with Crippen LogP contribution in [-0.4, -0.2) is 36.7 Å². The second kappa shape index (κ2) is 8.31. The van der Waals surface area contributed by atoms with Crippen LogP contribution in [0, 0.1) is 0 Å². The van der Waals surface area contributed by atoms with Crippen molar-refractivity contribution in [3.05, 3.63) is 66.9 Å². The van der Waals surface area contributed by atoms with Crippen LogP contribution in [0.4, 0.5) is 11.6 Å². The van der Waals surface area contributed by atoms with Crippen molar-refractivity contribution >= 4 is 33.5 Å². The van der Waals surface area contributed by atoms with Crippen LogP contribution in [0.3, 0.4) is 0 Å². The third-order valence-corrected chi connectivity index (χ3v) is 4.74. The summed E-state index contributed by atoms with van der Waals surface area (Å²) in [7, 11) is -3.86. The van der Waals surface area contributed by atoms with Gasteiger partial charge in [0.1, 0.15) is 0 Å². The summed E-state index contributed by atoms with van der Waals surface area (Å²) in [5.41, 5.74) is 0.368. The molecular weight excluding hydrogens is 386 g/mol. The van der Waals surface area contributed by atoms with E-state index in [2.05, 4.69) is 25.3 Å². The van der Waals surface area contributed by atoms with Crippen LogP contribution in [0.15, 0.2) is 70.4 Å². The summed E-state index contributed by atoms with van der Waals surface area (Å²) >= 11 is 0. The van der Waals surface area contributed by atoms with Gasteiger partial charge in [0.15, 0.2) is 5.76 Å². The molecule has 0 aliphatic carbocycles. The van der Waals surface area contributed by atoms with Gasteiger partial charge in [-0.15, -0.1) is 0 Å². The summed E-state index contributed by atoms with van der Waals surface area (Å²) in [6.45, 7) is -0.271. The van der Waals surface area contributed by atoms with Crippen LogP contribution in [0.25, 0.3) is 0 Å². The highest BCUT2D eigenvalue weighted by molar-refractivity contribution is 7.92. The van der Waals surface area contributed by atoms with Gasteiger partial charge >= 0.3 is 0 Å². The van der Waals surface area contributed by atoms with E-state index in [0.717, 1.165) is 0 Å². The first kappa shape index (κ1) is 19.0. The van der Waals surface area contributed by atoms with E-state index in [1.54, 1.807) is 12.1 Å². The lowest BCUT2D eigenvalue weighted by atomic mass is 10.3. The molecule has 0 spiro atoms. The molecule has 3 aromatic rings. The van der Waals surface area contributed by atoms with Crippen LogP contribution in [-0.2, 0) is 14.8 Å². The molecule has 0 aliphatic heterocycles. The van der Waals surface area contributed by atoms with Crippen LogP contribution >= 0.6 is 0 Å². The number of hydrogen-bond acceptors (Lipinski definition) is 7. The summed E-state index contributed by atoms with van der Waals surface area (Å²) < 4.78 is 31.7. The van der Waals surface area contributed by atoms with E-state index in [1.807, 2.05) is 0 Å². The predicted molar refractivity (Wildman–Crippen MR) is 99.0 cm³/mol. The van der Waals surface area contributed by atoms with E-state index < -0.39 is 21.8 Å². The van der Waals surface area contributed by atoms with Crippen molar-refractivity contribution in [2.24, 2.45) is 0 Å². The Morgan fingerprint density at radius 2 is 1.71 bits per heavy atom. The first-order chi connectivity index (χ1) is 13.4. The van der Waals surface area contributed by atoms with E-state index >= 15 is 0 Å². The molecule has 0 atom stereocenters. The number of anilines is 2. The fourth-order valence-corrected chi connectivity index (χ4v) is 3.07. The Labute approximate surface area is 160 Å². The van der Waals surface area contributed by atoms with Crippen LogP contribution < -0.4 is 15.4 Å². The predicted octanol–water partition coefficient (Wildman–Crippen LogP) is 1.24. The monoisotopic (exact) mass is 401 g/mol. The zero-order valence-electron chi connectivity index (χ0n) is 14.3. The zero-order chi connectivity index (χ0) is 20.0. The number of benzene rings is 1. The number of nitrogens with zero attached hydrogens (tertiary/aromatic N) is 2. The Bertz CT molecular complexity index is 1050. The maximum absolute atomic E-state index is 12.3. The second-order valence-corrected chi connectivity index (χ2v) is 7.09. The average molecular weight is 401 g/mol. The Morgan fingerprint density at radius 1 is 1.00 bits per heavy atom. The molecule has 0 saturated heterocycles. The fourth-order valence-electron chi connectivity index (χ4n) is 2.11. The van der Waals surface area contributed by atoms with Crippen molar-refractivity contribution < 1.29 is 22.4 Å². The van der Waals surface area contributed by atoms with Crippen molar-refractivity contribution in [3.8, 4) is 0 Å². The van der Waals surface area contributed by atoms with E-state index in [1.165, 1.54) is 49.0 Å². The molecule has 11 heteroatoms. The van der Waals surface area contributed by atoms with Gasteiger partial charge in [0.25, 0.3) is 15.9 Å². The normalized spacial score (nSPS) is 10.9. The number of carbonyl (C=O) groups is 2. The molecule has 0 aliphatic rings. The number of carbonyl (C=O) groups excluding carboxylic acids is 2. The van der Waals surface area contributed by atoms with Crippen molar-refractivity contribution in [1.82, 2.24) is 15.3 Å². The Kier molecular flexibility index (Phi) is 5.65.